The summed E-state index contributed by atoms with van der Waals surface area (Å²) in [5.74, 6) is 1.56. The van der Waals surface area contributed by atoms with Gasteiger partial charge in [0.05, 0.1) is 24.0 Å². The van der Waals surface area contributed by atoms with Gasteiger partial charge >= 0.3 is 16.4 Å². The summed E-state index contributed by atoms with van der Waals surface area (Å²) in [6.07, 6.45) is 0.231. The second-order valence-electron chi connectivity index (χ2n) is 10.6. The number of imidazole rings is 1. The number of aryl methyl sites for hydroxylation is 1. The van der Waals surface area contributed by atoms with Gasteiger partial charge in [-0.15, -0.1) is 0 Å². The molecule has 42 heavy (non-hydrogen) atoms. The van der Waals surface area contributed by atoms with Crippen molar-refractivity contribution in [3.63, 3.8) is 0 Å². The lowest BCUT2D eigenvalue weighted by atomic mass is 10.1. The van der Waals surface area contributed by atoms with E-state index < -0.39 is 15.6 Å². The Bertz CT molecular complexity index is 1710. The van der Waals surface area contributed by atoms with Crippen LogP contribution >= 0.6 is 11.3 Å². The Kier molecular flexibility index (Phi) is 8.63. The predicted molar refractivity (Wildman–Crippen MR) is 151 cm³/mol. The molecule has 3 heterocycles. The van der Waals surface area contributed by atoms with Crippen molar-refractivity contribution in [2.75, 3.05) is 19.0 Å². The van der Waals surface area contributed by atoms with Gasteiger partial charge in [-0.25, -0.2) is 13.0 Å². The number of carbonyl (C=O) groups is 1. The summed E-state index contributed by atoms with van der Waals surface area (Å²) in [5, 5.41) is 3.79. The smallest absolute Gasteiger partial charge is 0.485 e. The van der Waals surface area contributed by atoms with Gasteiger partial charge in [0.15, 0.2) is 15.8 Å². The molecular formula is C28H30F3N3O6S2. The first-order chi connectivity index (χ1) is 19.5. The van der Waals surface area contributed by atoms with E-state index in [2.05, 4.69) is 72.3 Å². The minimum absolute atomic E-state index is 0.188. The van der Waals surface area contributed by atoms with E-state index in [0.29, 0.717) is 6.61 Å². The fourth-order valence-electron chi connectivity index (χ4n) is 4.63. The average molecular weight is 626 g/mol. The first-order valence-corrected chi connectivity index (χ1v) is 15.0. The highest BCUT2D eigenvalue weighted by molar-refractivity contribution is 7.86. The Balaban J connectivity index is 0.000000446. The largest absolute Gasteiger partial charge is 0.741 e. The topological polar surface area (TPSA) is 113 Å². The van der Waals surface area contributed by atoms with Gasteiger partial charge in [-0.05, 0) is 39.8 Å². The van der Waals surface area contributed by atoms with Gasteiger partial charge in [-0.3, -0.25) is 4.79 Å². The van der Waals surface area contributed by atoms with E-state index in [1.165, 1.54) is 12.0 Å². The van der Waals surface area contributed by atoms with E-state index in [4.69, 9.17) is 22.4 Å². The minimum atomic E-state index is -6.09. The van der Waals surface area contributed by atoms with Crippen molar-refractivity contribution in [3.8, 4) is 28.3 Å². The SMILES string of the molecule is COC(=O)CC1COc2ccccc2-c2c(NC(C)(C)C)n3c(-c4ccccc4)c(C)sc3[n+]21.O=S(=O)([O-])C(F)(F)F. The zero-order valence-electron chi connectivity index (χ0n) is 23.5. The maximum Gasteiger partial charge on any atom is 0.485 e. The monoisotopic (exact) mass is 625 g/mol. The Labute approximate surface area is 245 Å². The lowest BCUT2D eigenvalue weighted by molar-refractivity contribution is -0.684. The Morgan fingerprint density at radius 2 is 1.74 bits per heavy atom. The van der Waals surface area contributed by atoms with E-state index >= 15 is 0 Å². The molecule has 0 amide bonds. The number of methoxy groups -OCH3 is 1. The van der Waals surface area contributed by atoms with E-state index in [1.807, 2.05) is 24.3 Å². The van der Waals surface area contributed by atoms with Crippen molar-refractivity contribution in [2.45, 2.75) is 51.2 Å². The van der Waals surface area contributed by atoms with Crippen LogP contribution in [0.2, 0.25) is 0 Å². The number of benzene rings is 2. The van der Waals surface area contributed by atoms with Crippen molar-refractivity contribution in [1.82, 2.24) is 4.40 Å². The molecule has 14 heteroatoms. The number of aromatic nitrogens is 2. The second kappa shape index (κ2) is 11.6. The number of anilines is 1. The minimum Gasteiger partial charge on any atom is -0.741 e. The van der Waals surface area contributed by atoms with E-state index in [1.54, 1.807) is 11.3 Å². The van der Waals surface area contributed by atoms with Crippen molar-refractivity contribution in [1.29, 1.82) is 0 Å². The number of carbonyl (C=O) groups excluding carboxylic acids is 1. The molecule has 0 radical (unpaired) electrons. The van der Waals surface area contributed by atoms with Crippen molar-refractivity contribution < 1.29 is 45.0 Å². The Hall–Kier alpha value is -3.62. The third-order valence-corrected chi connectivity index (χ3v) is 7.91. The maximum absolute atomic E-state index is 12.4. The van der Waals surface area contributed by atoms with Gasteiger partial charge in [-0.1, -0.05) is 53.8 Å². The summed E-state index contributed by atoms with van der Waals surface area (Å²) in [7, 11) is -4.65. The summed E-state index contributed by atoms with van der Waals surface area (Å²) in [4.78, 5) is 14.7. The number of para-hydroxylation sites is 1. The Morgan fingerprint density at radius 1 is 1.14 bits per heavy atom. The highest BCUT2D eigenvalue weighted by Crippen LogP contribution is 2.43. The van der Waals surface area contributed by atoms with Gasteiger partial charge in [-0.2, -0.15) is 17.6 Å². The molecule has 1 aliphatic heterocycles. The molecule has 1 N–H and O–H groups in total. The fourth-order valence-corrected chi connectivity index (χ4v) is 5.83. The van der Waals surface area contributed by atoms with Gasteiger partial charge in [0.2, 0.25) is 11.5 Å². The van der Waals surface area contributed by atoms with Crippen molar-refractivity contribution in [3.05, 3.63) is 59.5 Å². The number of hydrogen-bond acceptors (Lipinski definition) is 8. The van der Waals surface area contributed by atoms with Gasteiger partial charge < -0.3 is 19.3 Å². The number of hydrogen-bond donors (Lipinski definition) is 1. The number of ether oxygens (including phenoxy) is 2. The molecule has 0 spiro atoms. The molecule has 0 bridgehead atoms. The molecule has 4 aromatic rings. The summed E-state index contributed by atoms with van der Waals surface area (Å²) in [6.45, 7) is 9.03. The van der Waals surface area contributed by atoms with Gasteiger partial charge in [0.25, 0.3) is 0 Å². The molecule has 226 valence electrons. The van der Waals surface area contributed by atoms with Crippen molar-refractivity contribution in [2.24, 2.45) is 0 Å². The molecular weight excluding hydrogens is 595 g/mol. The third-order valence-electron chi connectivity index (χ3n) is 6.28. The van der Waals surface area contributed by atoms with Crippen LogP contribution in [0, 0.1) is 6.92 Å². The van der Waals surface area contributed by atoms with Gasteiger partial charge in [0, 0.05) is 11.1 Å². The molecule has 0 saturated heterocycles. The number of nitrogens with zero attached hydrogens (tertiary/aromatic N) is 2. The summed E-state index contributed by atoms with van der Waals surface area (Å²) in [5.41, 5.74) is -1.49. The number of rotatable bonds is 4. The molecule has 0 saturated carbocycles. The normalized spacial score (nSPS) is 15.0. The maximum atomic E-state index is 12.4. The lowest BCUT2D eigenvalue weighted by Crippen LogP contribution is -2.43. The zero-order valence-corrected chi connectivity index (χ0v) is 25.1. The summed E-state index contributed by atoms with van der Waals surface area (Å²) >= 11 is 1.74. The van der Waals surface area contributed by atoms with Crippen LogP contribution in [0.5, 0.6) is 5.75 Å². The van der Waals surface area contributed by atoms with Crippen molar-refractivity contribution >= 4 is 38.2 Å². The molecule has 2 aromatic carbocycles. The number of halogens is 3. The molecule has 1 atom stereocenters. The first kappa shape index (κ1) is 31.3. The van der Waals surface area contributed by atoms with Gasteiger partial charge in [0.1, 0.15) is 18.4 Å². The van der Waals surface area contributed by atoms with Crippen LogP contribution in [0.4, 0.5) is 19.0 Å². The van der Waals surface area contributed by atoms with E-state index in [0.717, 1.165) is 39.0 Å². The average Bonchev–Trinajstić information content (AvgIpc) is 3.31. The quantitative estimate of drug-likeness (QED) is 0.134. The van der Waals surface area contributed by atoms with Crippen LogP contribution < -0.4 is 14.6 Å². The molecule has 0 fully saturated rings. The molecule has 0 aliphatic carbocycles. The number of nitrogens with one attached hydrogen (secondary N) is 1. The molecule has 1 unspecified atom stereocenters. The molecule has 1 aliphatic rings. The van der Waals surface area contributed by atoms with Crippen LogP contribution in [-0.2, 0) is 19.6 Å². The predicted octanol–water partition coefficient (Wildman–Crippen LogP) is 5.69. The fraction of sp³-hybridized carbons (Fsp3) is 0.357. The second-order valence-corrected chi connectivity index (χ2v) is 13.1. The number of fused-ring (bicyclic) bond motifs is 5. The Morgan fingerprint density at radius 3 is 2.31 bits per heavy atom. The standard InChI is InChI=1S/C27H30N3O3S.CHF3O3S/c1-17-23(18-11-7-6-8-12-18)30-25(28-27(2,3)4)24-20-13-9-10-14-21(20)33-16-19(15-22(31)32-5)29(24)26(30)34-17;2-1(3,4)8(5,6)7/h6-14,19,28H,15-16H2,1-5H3;(H,5,6,7)/q+1;/p-1. The zero-order chi connectivity index (χ0) is 31.0. The number of esters is 1. The highest BCUT2D eigenvalue weighted by atomic mass is 32.2. The molecule has 2 aromatic heterocycles. The highest BCUT2D eigenvalue weighted by Gasteiger charge is 2.41. The molecule has 9 nitrogen and oxygen atoms in total. The van der Waals surface area contributed by atoms with E-state index in [-0.39, 0.29) is 24.0 Å². The van der Waals surface area contributed by atoms with E-state index in [9.17, 15) is 18.0 Å². The first-order valence-electron chi connectivity index (χ1n) is 12.8. The van der Waals surface area contributed by atoms with Crippen LogP contribution in [0.1, 0.15) is 38.1 Å². The number of thiazole rings is 1. The van der Waals surface area contributed by atoms with Crippen LogP contribution in [0.25, 0.3) is 27.5 Å². The summed E-state index contributed by atoms with van der Waals surface area (Å²) < 4.78 is 74.8. The number of alkyl halides is 3. The van der Waals surface area contributed by atoms with Crippen LogP contribution in [0.3, 0.4) is 0 Å². The van der Waals surface area contributed by atoms with Crippen LogP contribution in [0.15, 0.2) is 54.6 Å². The molecule has 5 rings (SSSR count). The summed E-state index contributed by atoms with van der Waals surface area (Å²) in [6, 6.07) is 18.4. The lowest BCUT2D eigenvalue weighted by Gasteiger charge is -2.20. The third kappa shape index (κ3) is 6.40. The van der Waals surface area contributed by atoms with Crippen LogP contribution in [-0.4, -0.2) is 48.1 Å².